The van der Waals surface area contributed by atoms with Crippen molar-refractivity contribution < 1.29 is 24.4 Å². The van der Waals surface area contributed by atoms with Gasteiger partial charge in [-0.25, -0.2) is 9.59 Å². The molecule has 0 saturated carbocycles. The summed E-state index contributed by atoms with van der Waals surface area (Å²) in [5, 5.41) is 22.1. The fraction of sp³-hybridized carbons (Fsp3) is 0.429. The van der Waals surface area contributed by atoms with E-state index in [1.807, 2.05) is 30.3 Å². The molecular formula is C21H26N6O5. The number of aliphatic carboxylic acids is 1. The normalized spacial score (nSPS) is 20.4. The molecular weight excluding hydrogens is 416 g/mol. The molecule has 11 heteroatoms. The zero-order chi connectivity index (χ0) is 23.0. The molecule has 170 valence electrons. The molecule has 2 N–H and O–H groups in total. The van der Waals surface area contributed by atoms with Crippen LogP contribution in [0.5, 0.6) is 0 Å². The predicted molar refractivity (Wildman–Crippen MR) is 113 cm³/mol. The average Bonchev–Trinajstić information content (AvgIpc) is 3.28. The van der Waals surface area contributed by atoms with Crippen LogP contribution in [0.1, 0.15) is 42.8 Å². The maximum Gasteiger partial charge on any atom is 0.350 e. The number of nitrogens with zero attached hydrogens (tertiary/aromatic N) is 5. The molecule has 4 rings (SSSR count). The van der Waals surface area contributed by atoms with Gasteiger partial charge in [-0.15, -0.1) is 0 Å². The van der Waals surface area contributed by atoms with Crippen LogP contribution in [0.15, 0.2) is 41.7 Å². The second-order valence-electron chi connectivity index (χ2n) is 8.18. The van der Waals surface area contributed by atoms with Gasteiger partial charge in [0, 0.05) is 19.7 Å². The Morgan fingerprint density at radius 1 is 1.34 bits per heavy atom. The van der Waals surface area contributed by atoms with Crippen molar-refractivity contribution in [1.29, 1.82) is 0 Å². The minimum absolute atomic E-state index is 0.250. The second-order valence-corrected chi connectivity index (χ2v) is 8.18. The van der Waals surface area contributed by atoms with Crippen LogP contribution < -0.4 is 5.32 Å². The summed E-state index contributed by atoms with van der Waals surface area (Å²) in [6.07, 6.45) is 1.72. The van der Waals surface area contributed by atoms with E-state index in [1.165, 1.54) is 18.9 Å². The number of likely N-dealkylation sites (N-methyl/N-ethyl adjacent to an activating group) is 1. The first-order chi connectivity index (χ1) is 15.2. The van der Waals surface area contributed by atoms with Crippen molar-refractivity contribution >= 4 is 17.8 Å². The number of fused-ring (bicyclic) bond motifs is 4. The lowest BCUT2D eigenvalue weighted by molar-refractivity contribution is -0.161. The van der Waals surface area contributed by atoms with Crippen molar-refractivity contribution in [1.82, 2.24) is 25.1 Å². The van der Waals surface area contributed by atoms with Gasteiger partial charge in [0.15, 0.2) is 5.84 Å². The van der Waals surface area contributed by atoms with Gasteiger partial charge in [0.25, 0.3) is 0 Å². The Morgan fingerprint density at radius 3 is 2.72 bits per heavy atom. The zero-order valence-electron chi connectivity index (χ0n) is 18.3. The SMILES string of the molecule is CN/C(=N\OC(C)(C)C(=O)O)[C@@H]1c2c(cnn2C)[C@@H]2CN1C(=O)N2OCc1ccccc1. The first-order valence-corrected chi connectivity index (χ1v) is 10.2. The summed E-state index contributed by atoms with van der Waals surface area (Å²) in [7, 11) is 3.43. The number of urea groups is 1. The van der Waals surface area contributed by atoms with E-state index in [2.05, 4.69) is 15.6 Å². The summed E-state index contributed by atoms with van der Waals surface area (Å²) < 4.78 is 1.68. The van der Waals surface area contributed by atoms with E-state index in [9.17, 15) is 14.7 Å². The Kier molecular flexibility index (Phi) is 5.51. The lowest BCUT2D eigenvalue weighted by atomic mass is 9.97. The second kappa shape index (κ2) is 8.15. The molecule has 1 saturated heterocycles. The molecule has 32 heavy (non-hydrogen) atoms. The molecule has 2 aromatic rings. The summed E-state index contributed by atoms with van der Waals surface area (Å²) >= 11 is 0. The van der Waals surface area contributed by atoms with Crippen molar-refractivity contribution in [2.45, 2.75) is 38.1 Å². The van der Waals surface area contributed by atoms with E-state index in [4.69, 9.17) is 9.68 Å². The Hall–Kier alpha value is -3.60. The van der Waals surface area contributed by atoms with Gasteiger partial charge in [0.05, 0.1) is 18.4 Å². The Balaban J connectivity index is 1.65. The largest absolute Gasteiger partial charge is 0.478 e. The highest BCUT2D eigenvalue weighted by atomic mass is 16.7. The third kappa shape index (κ3) is 3.64. The van der Waals surface area contributed by atoms with Gasteiger partial charge < -0.3 is 20.2 Å². The fourth-order valence-electron chi connectivity index (χ4n) is 3.82. The number of carboxylic acids is 1. The van der Waals surface area contributed by atoms with E-state index >= 15 is 0 Å². The van der Waals surface area contributed by atoms with E-state index < -0.39 is 17.6 Å². The molecule has 2 bridgehead atoms. The highest BCUT2D eigenvalue weighted by Crippen LogP contribution is 2.44. The van der Waals surface area contributed by atoms with Gasteiger partial charge in [-0.05, 0) is 19.4 Å². The minimum Gasteiger partial charge on any atom is -0.478 e. The van der Waals surface area contributed by atoms with Crippen LogP contribution in [0.2, 0.25) is 0 Å². The first kappa shape index (κ1) is 21.6. The standard InChI is InChI=1S/C21H26N6O5/c1-21(2,19(28)29)32-24-18(22-3)17-16-14(10-23-25(16)4)15-11-26(17)20(30)27(15)31-12-13-8-6-5-7-9-13/h5-10,15,17H,11-12H2,1-4H3,(H,22,24)(H,28,29)/t15-,17-/m0/s1. The van der Waals surface area contributed by atoms with Crippen LogP contribution in [0, 0.1) is 0 Å². The quantitative estimate of drug-likeness (QED) is 0.381. The molecule has 1 fully saturated rings. The third-order valence-corrected chi connectivity index (χ3v) is 5.65. The molecule has 2 aliphatic rings. The number of amidine groups is 1. The number of hydrogen-bond donors (Lipinski definition) is 2. The number of hydrogen-bond acceptors (Lipinski definition) is 6. The fourth-order valence-corrected chi connectivity index (χ4v) is 3.82. The number of aryl methyl sites for hydroxylation is 1. The first-order valence-electron chi connectivity index (χ1n) is 10.2. The van der Waals surface area contributed by atoms with Crippen LogP contribution >= 0.6 is 0 Å². The van der Waals surface area contributed by atoms with Crippen molar-refractivity contribution in [2.24, 2.45) is 12.2 Å². The van der Waals surface area contributed by atoms with Gasteiger partial charge in [-0.3, -0.25) is 9.52 Å². The lowest BCUT2D eigenvalue weighted by Gasteiger charge is -2.31. The number of carboxylic acid groups (broad SMARTS) is 1. The molecule has 2 aliphatic heterocycles. The molecule has 0 unspecified atom stereocenters. The van der Waals surface area contributed by atoms with Crippen LogP contribution in [0.4, 0.5) is 4.79 Å². The van der Waals surface area contributed by atoms with Crippen molar-refractivity contribution in [3.05, 3.63) is 53.3 Å². The number of rotatable bonds is 7. The molecule has 2 atom stereocenters. The predicted octanol–water partition coefficient (Wildman–Crippen LogP) is 1.80. The molecule has 1 aromatic carbocycles. The van der Waals surface area contributed by atoms with Gasteiger partial charge in [0.1, 0.15) is 18.7 Å². The topological polar surface area (TPSA) is 122 Å². The number of benzene rings is 1. The van der Waals surface area contributed by atoms with Crippen LogP contribution in [-0.4, -0.2) is 61.9 Å². The molecule has 11 nitrogen and oxygen atoms in total. The highest BCUT2D eigenvalue weighted by molar-refractivity contribution is 5.93. The van der Waals surface area contributed by atoms with Gasteiger partial charge in [-0.2, -0.15) is 10.2 Å². The van der Waals surface area contributed by atoms with Crippen LogP contribution in [0.3, 0.4) is 0 Å². The Labute approximate surface area is 185 Å². The summed E-state index contributed by atoms with van der Waals surface area (Å²) in [5.41, 5.74) is 1.01. The molecule has 2 amide bonds. The number of carbonyl (C=O) groups excluding carboxylic acids is 1. The van der Waals surface area contributed by atoms with E-state index in [1.54, 1.807) is 29.9 Å². The van der Waals surface area contributed by atoms with Gasteiger partial charge in [0.2, 0.25) is 5.60 Å². The lowest BCUT2D eigenvalue weighted by Crippen LogP contribution is -2.44. The molecule has 0 spiro atoms. The number of oxime groups is 1. The molecule has 1 aromatic heterocycles. The minimum atomic E-state index is -1.53. The summed E-state index contributed by atoms with van der Waals surface area (Å²) in [6.45, 7) is 3.43. The smallest absolute Gasteiger partial charge is 0.350 e. The molecule has 0 radical (unpaired) electrons. The van der Waals surface area contributed by atoms with E-state index in [-0.39, 0.29) is 18.7 Å². The summed E-state index contributed by atoms with van der Waals surface area (Å²) in [6, 6.07) is 8.33. The zero-order valence-corrected chi connectivity index (χ0v) is 18.3. The Bertz CT molecular complexity index is 1050. The summed E-state index contributed by atoms with van der Waals surface area (Å²) in [5.74, 6) is -0.861. The Morgan fingerprint density at radius 2 is 2.06 bits per heavy atom. The number of aromatic nitrogens is 2. The van der Waals surface area contributed by atoms with Gasteiger partial charge in [-0.1, -0.05) is 35.5 Å². The van der Waals surface area contributed by atoms with Crippen LogP contribution in [0.25, 0.3) is 0 Å². The maximum atomic E-state index is 13.3. The highest BCUT2D eigenvalue weighted by Gasteiger charge is 2.52. The monoisotopic (exact) mass is 442 g/mol. The average molecular weight is 442 g/mol. The number of nitrogens with one attached hydrogen (secondary N) is 1. The number of carbonyl (C=O) groups is 2. The van der Waals surface area contributed by atoms with Gasteiger partial charge >= 0.3 is 12.0 Å². The van der Waals surface area contributed by atoms with Crippen molar-refractivity contribution in [3.8, 4) is 0 Å². The molecule has 3 heterocycles. The number of hydroxylamine groups is 2. The van der Waals surface area contributed by atoms with E-state index in [0.29, 0.717) is 12.4 Å². The van der Waals surface area contributed by atoms with Crippen molar-refractivity contribution in [3.63, 3.8) is 0 Å². The number of amides is 2. The third-order valence-electron chi connectivity index (χ3n) is 5.65. The molecule has 0 aliphatic carbocycles. The van der Waals surface area contributed by atoms with Crippen molar-refractivity contribution in [2.75, 3.05) is 13.6 Å². The summed E-state index contributed by atoms with van der Waals surface area (Å²) in [4.78, 5) is 37.6. The van der Waals surface area contributed by atoms with E-state index in [0.717, 1.165) is 16.8 Å². The maximum absolute atomic E-state index is 13.3. The van der Waals surface area contributed by atoms with Crippen LogP contribution in [-0.2, 0) is 28.1 Å².